The number of carbonyl (C=O) groups is 11. The van der Waals surface area contributed by atoms with Crippen molar-refractivity contribution in [3.05, 3.63) is 0 Å². The van der Waals surface area contributed by atoms with Gasteiger partial charge in [0.15, 0.2) is 18.9 Å². The molecule has 0 radical (unpaired) electrons. The van der Waals surface area contributed by atoms with Crippen molar-refractivity contribution in [2.75, 3.05) is 106 Å². The maximum atomic E-state index is 14.4. The Kier molecular flexibility index (Phi) is 47.3. The highest BCUT2D eigenvalue weighted by Crippen LogP contribution is 2.50. The van der Waals surface area contributed by atoms with Gasteiger partial charge in [-0.15, -0.1) is 0 Å². The third kappa shape index (κ3) is 36.8. The molecule has 0 aromatic carbocycles. The van der Waals surface area contributed by atoms with E-state index >= 15 is 0 Å². The summed E-state index contributed by atoms with van der Waals surface area (Å²) in [5.41, 5.74) is -2.48. The minimum Gasteiger partial charge on any atom is -0.394 e. The highest BCUT2D eigenvalue weighted by molar-refractivity contribution is 7.58. The molecule has 686 valence electrons. The first kappa shape index (κ1) is 106. The fourth-order valence-corrected chi connectivity index (χ4v) is 15.1. The van der Waals surface area contributed by atoms with Gasteiger partial charge in [0.05, 0.1) is 123 Å². The summed E-state index contributed by atoms with van der Waals surface area (Å²) < 4.78 is 87.1. The Morgan fingerprint density at radius 3 is 1.29 bits per heavy atom. The summed E-state index contributed by atoms with van der Waals surface area (Å²) in [6.45, 7) is 1.79. The number of β-amino-alcohol motifs (C(OH)–C–C–N with tert-alkyl or cyclic N) is 1. The molecule has 5 fully saturated rings. The molecule has 5 heterocycles. The smallest absolute Gasteiger partial charge is 0.330 e. The minimum atomic E-state index is -4.02. The lowest BCUT2D eigenvalue weighted by molar-refractivity contribution is -0.269. The van der Waals surface area contributed by atoms with Crippen LogP contribution in [0.2, 0.25) is 0 Å². The molecule has 43 nitrogen and oxygen atoms in total. The van der Waals surface area contributed by atoms with Crippen molar-refractivity contribution in [2.24, 2.45) is 0 Å². The maximum absolute atomic E-state index is 14.4. The van der Waals surface area contributed by atoms with Crippen molar-refractivity contribution in [2.45, 2.75) is 292 Å². The van der Waals surface area contributed by atoms with Crippen molar-refractivity contribution < 1.29 is 179 Å². The molecule has 5 aliphatic rings. The lowest BCUT2D eigenvalue weighted by Crippen LogP contribution is -2.64. The van der Waals surface area contributed by atoms with Gasteiger partial charge in [0.1, 0.15) is 114 Å². The van der Waals surface area contributed by atoms with Crippen LogP contribution in [0.25, 0.3) is 0 Å². The summed E-state index contributed by atoms with van der Waals surface area (Å²) in [5.74, 6) is -5.56. The number of nitrogens with zero attached hydrogens (tertiary/aromatic N) is 1. The molecular formula is C74H128N6O37P2. The zero-order valence-electron chi connectivity index (χ0n) is 67.6. The van der Waals surface area contributed by atoms with Gasteiger partial charge < -0.3 is 153 Å². The number of nitrogens with one attached hydrogen (secondary N) is 5. The Labute approximate surface area is 691 Å². The van der Waals surface area contributed by atoms with Crippen LogP contribution in [0.15, 0.2) is 0 Å². The number of hydrogen-bond donors (Lipinski definition) is 17. The molecule has 0 aromatic rings. The maximum Gasteiger partial charge on any atom is 0.330 e. The highest BCUT2D eigenvalue weighted by Gasteiger charge is 2.49. The largest absolute Gasteiger partial charge is 0.394 e. The molecule has 0 spiro atoms. The normalized spacial score (nSPS) is 29.1. The van der Waals surface area contributed by atoms with Gasteiger partial charge in [-0.1, -0.05) is 21.3 Å². The summed E-state index contributed by atoms with van der Waals surface area (Å²) in [5, 5.41) is 115. The zero-order valence-corrected chi connectivity index (χ0v) is 69.4. The molecule has 22 atom stereocenters. The molecule has 0 bridgehead atoms. The van der Waals surface area contributed by atoms with Crippen molar-refractivity contribution >= 4 is 85.8 Å². The lowest BCUT2D eigenvalue weighted by atomic mass is 9.97. The Morgan fingerprint density at radius 1 is 0.496 bits per heavy atom. The molecule has 45 heteroatoms. The summed E-state index contributed by atoms with van der Waals surface area (Å²) in [6.07, 6.45) is -19.4. The van der Waals surface area contributed by atoms with E-state index in [1.165, 1.54) is 18.7 Å². The van der Waals surface area contributed by atoms with Crippen LogP contribution < -0.4 is 26.6 Å². The van der Waals surface area contributed by atoms with Gasteiger partial charge in [0, 0.05) is 124 Å². The van der Waals surface area contributed by atoms with Gasteiger partial charge in [-0.2, -0.15) is 0 Å². The van der Waals surface area contributed by atoms with E-state index in [4.69, 9.17) is 60.9 Å². The number of ketones is 5. The van der Waals surface area contributed by atoms with Crippen LogP contribution in [0.3, 0.4) is 0 Å². The number of Topliss-reactive ketones (excluding diaryl/α,β-unsaturated/α-hetero) is 5. The van der Waals surface area contributed by atoms with E-state index in [1.807, 2.05) is 0 Å². The Bertz CT molecular complexity index is 3090. The molecule has 5 aliphatic heterocycles. The van der Waals surface area contributed by atoms with E-state index in [1.54, 1.807) is 6.92 Å². The van der Waals surface area contributed by atoms with Gasteiger partial charge in [0.2, 0.25) is 43.0 Å². The highest BCUT2D eigenvalue weighted by atomic mass is 31.2. The van der Waals surface area contributed by atoms with Crippen molar-refractivity contribution in [1.82, 2.24) is 31.5 Å². The molecule has 0 aromatic heterocycles. The van der Waals surface area contributed by atoms with Crippen LogP contribution in [-0.4, -0.2) is 376 Å². The molecular weight excluding hydrogens is 1630 g/mol. The zero-order chi connectivity index (χ0) is 87.6. The van der Waals surface area contributed by atoms with Gasteiger partial charge in [-0.25, -0.2) is 0 Å². The first-order chi connectivity index (χ1) is 55.7. The predicted octanol–water partition coefficient (Wildman–Crippen LogP) is -4.44. The first-order valence-corrected chi connectivity index (χ1v) is 42.9. The fourth-order valence-electron chi connectivity index (χ4n) is 13.3. The molecule has 5 saturated heterocycles. The number of hydrogen-bond acceptors (Lipinski definition) is 36. The third-order valence-corrected chi connectivity index (χ3v) is 22.8. The molecule has 6 amide bonds. The molecule has 17 N–H and O–H groups in total. The van der Waals surface area contributed by atoms with E-state index in [0.29, 0.717) is 0 Å². The Hall–Kier alpha value is -5.30. The van der Waals surface area contributed by atoms with Crippen LogP contribution in [0.5, 0.6) is 0 Å². The first-order valence-electron chi connectivity index (χ1n) is 39.5. The summed E-state index contributed by atoms with van der Waals surface area (Å²) in [7, 11) is -8.00. The summed E-state index contributed by atoms with van der Waals surface area (Å²) >= 11 is 0. The average Bonchev–Trinajstić information content (AvgIpc) is 1.76. The van der Waals surface area contributed by atoms with Crippen LogP contribution in [0.1, 0.15) is 158 Å². The summed E-state index contributed by atoms with van der Waals surface area (Å²) in [6, 6.07) is -4.61. The standard InChI is InChI=1S/C73H124N6O37P2.CH4/c1-41(2)118(102,103)111-37-57-53(30-42(3)112-57)116-117(7,101)110-36-46-31-52(91)32-79(46)60(94)15-14-59(93)78-73(38-104-24-17-47(86)10-8-12-49(88)19-27-107-70-61(75-43(4)83)67(98)64(95)54(33-80)113-70,39-105-25-18-48(87)11-9-13-50(89)20-28-108-71-62(76-44(5)84)68(99)65(96)55(34-81)114-71)40-106-26-22-58(92)74-23-16-51(90)21-29-109-72-63(77-45(6)85)69(100)66(97)56(35-82)115-72;/h41-42,46,52-57,61-72,80-82,91,95-101H,7-40H2,1-6H3,(H,74,92)(H,75,83)(H,76,84)(H,77,85)(H,78,93)(H,102,103);1H4/t42-,46-,52+,53-,54?,55?,56?,57+,61?,62?,63?,64-,65-,66-,67+,68+,69+,70+,71+,72+,73?,117?;/m0./s1. The predicted molar refractivity (Wildman–Crippen MR) is 414 cm³/mol. The van der Waals surface area contributed by atoms with Gasteiger partial charge in [-0.05, 0) is 32.5 Å². The monoisotopic (exact) mass is 1750 g/mol. The van der Waals surface area contributed by atoms with E-state index in [-0.39, 0.29) is 186 Å². The van der Waals surface area contributed by atoms with E-state index in [2.05, 4.69) is 32.9 Å². The number of rotatable bonds is 57. The molecule has 119 heavy (non-hydrogen) atoms. The number of amides is 6. The van der Waals surface area contributed by atoms with E-state index in [0.717, 1.165) is 20.8 Å². The molecule has 8 unspecified atom stereocenters. The molecule has 0 saturated carbocycles. The van der Waals surface area contributed by atoms with Crippen LogP contribution in [0.4, 0.5) is 0 Å². The number of likely N-dealkylation sites (tertiary alicyclic amines) is 1. The fraction of sp³-hybridized carbons (Fsp3) is 0.838. The van der Waals surface area contributed by atoms with Crippen LogP contribution in [0, 0.1) is 0 Å². The summed E-state index contributed by atoms with van der Waals surface area (Å²) in [4.78, 5) is 166. The van der Waals surface area contributed by atoms with Crippen molar-refractivity contribution in [3.63, 3.8) is 0 Å². The third-order valence-electron chi connectivity index (χ3n) is 19.9. The molecule has 0 aliphatic carbocycles. The van der Waals surface area contributed by atoms with Crippen molar-refractivity contribution in [3.8, 4) is 0 Å². The Morgan fingerprint density at radius 2 is 0.891 bits per heavy atom. The second-order valence-corrected chi connectivity index (χ2v) is 34.4. The van der Waals surface area contributed by atoms with Crippen LogP contribution >= 0.6 is 15.2 Å². The SMILES string of the molecule is C.C=P(O)(OC[C@@H]1C[C@@H](O)CN1C(=O)CCC(=O)NC(COCCC(=O)CCCC(=O)CCO[C@@H]1OC(CO)[C@H](O)[C@H](O)C1NC(C)=O)(COCCC(=O)CCCC(=O)CCO[C@@H]1OC(CO)[C@H](O)[C@H](O)C1NC(C)=O)COCCC(=O)NCCC(=O)CCO[C@@H]1OC(CO)[C@H](O)[C@H](O)C1NC(C)=O)O[C@H]1C[C@H](C)O[C@@H]1COP(=O)(O)C(C)C. The lowest BCUT2D eigenvalue weighted by Gasteiger charge is -2.42. The molecule has 5 rings (SSSR count). The number of aliphatic hydroxyl groups is 10. The van der Waals surface area contributed by atoms with Gasteiger partial charge in [0.25, 0.3) is 0 Å². The van der Waals surface area contributed by atoms with E-state index < -0.39 is 249 Å². The van der Waals surface area contributed by atoms with Crippen LogP contribution in [-0.2, 0) is 118 Å². The number of aliphatic hydroxyl groups excluding tert-OH is 10. The topological polar surface area (TPSA) is 631 Å². The number of ether oxygens (including phenoxy) is 10. The van der Waals surface area contributed by atoms with Gasteiger partial charge in [-0.3, -0.25) is 57.3 Å². The second kappa shape index (κ2) is 53.1. The quantitative estimate of drug-likeness (QED) is 0.0202. The van der Waals surface area contributed by atoms with Gasteiger partial charge >= 0.3 is 7.60 Å². The van der Waals surface area contributed by atoms with E-state index in [9.17, 15) is 118 Å². The number of carbonyl (C=O) groups excluding carboxylic acids is 11. The Balaban J connectivity index is 0.0000298. The van der Waals surface area contributed by atoms with Crippen molar-refractivity contribution in [1.29, 1.82) is 0 Å². The average molecular weight is 1760 g/mol. The second-order valence-electron chi connectivity index (χ2n) is 30.2. The minimum absolute atomic E-state index is 0.